The minimum Gasteiger partial charge on any atom is -0.357 e. The molecule has 182 valence electrons. The zero-order chi connectivity index (χ0) is 25.4. The molecule has 0 bridgehead atoms. The number of halogens is 1. The summed E-state index contributed by atoms with van der Waals surface area (Å²) in [5.41, 5.74) is 1.87. The summed E-state index contributed by atoms with van der Waals surface area (Å²) in [5.74, 6) is 1.46. The number of carbonyl (C=O) groups excluding carboxylic acids is 1. The van der Waals surface area contributed by atoms with Crippen molar-refractivity contribution in [3.63, 3.8) is 0 Å². The molecule has 1 aromatic carbocycles. The van der Waals surface area contributed by atoms with Gasteiger partial charge < -0.3 is 4.90 Å². The molecule has 2 fully saturated rings. The third kappa shape index (κ3) is 4.90. The number of amides is 1. The van der Waals surface area contributed by atoms with Gasteiger partial charge in [-0.1, -0.05) is 67.6 Å². The fraction of sp³-hybridized carbons (Fsp3) is 0.385. The highest BCUT2D eigenvalue weighted by molar-refractivity contribution is 8.26. The Balaban J connectivity index is 1.80. The summed E-state index contributed by atoms with van der Waals surface area (Å²) in [4.78, 5) is 30.6. The van der Waals surface area contributed by atoms with Crippen molar-refractivity contribution < 1.29 is 4.79 Å². The molecule has 2 atom stereocenters. The van der Waals surface area contributed by atoms with Crippen LogP contribution in [0.25, 0.3) is 6.08 Å². The average Bonchev–Trinajstić information content (AvgIpc) is 3.06. The van der Waals surface area contributed by atoms with Crippen LogP contribution in [-0.2, 0) is 18.4 Å². The Kier molecular flexibility index (Phi) is 7.41. The van der Waals surface area contributed by atoms with Crippen LogP contribution in [-0.4, -0.2) is 32.8 Å². The zero-order valence-electron chi connectivity index (χ0n) is 20.2. The van der Waals surface area contributed by atoms with E-state index in [1.807, 2.05) is 18.2 Å². The molecule has 9 heteroatoms. The topological polar surface area (TPSA) is 69.3 Å². The standard InChI is InChI=1S/C26H27ClN4O2S2/c1-15-9-16(2)13-30(12-15)23-19(17(3)20(11-28)24(32)29(23)4)10-22-25(33)31(26(34)35-22)14-18-7-5-6-8-21(18)27/h5-8,10,15-16H,9,12-14H2,1-4H3/b22-10+. The largest absolute Gasteiger partial charge is 0.357 e. The molecule has 2 saturated heterocycles. The van der Waals surface area contributed by atoms with Gasteiger partial charge in [-0.25, -0.2) is 0 Å². The number of nitriles is 1. The van der Waals surface area contributed by atoms with Crippen LogP contribution in [0.4, 0.5) is 5.82 Å². The second-order valence-corrected chi connectivity index (χ2v) is 11.5. The summed E-state index contributed by atoms with van der Waals surface area (Å²) in [6.07, 6.45) is 2.91. The Morgan fingerprint density at radius 2 is 1.89 bits per heavy atom. The number of hydrogen-bond acceptors (Lipinski definition) is 6. The number of hydrogen-bond donors (Lipinski definition) is 0. The van der Waals surface area contributed by atoms with Gasteiger partial charge in [0, 0.05) is 30.7 Å². The van der Waals surface area contributed by atoms with Crippen molar-refractivity contribution in [3.8, 4) is 6.07 Å². The first kappa shape index (κ1) is 25.5. The Morgan fingerprint density at radius 3 is 2.51 bits per heavy atom. The predicted octanol–water partition coefficient (Wildman–Crippen LogP) is 5.10. The summed E-state index contributed by atoms with van der Waals surface area (Å²) in [5, 5.41) is 10.3. The van der Waals surface area contributed by atoms with E-state index in [1.54, 1.807) is 35.6 Å². The quantitative estimate of drug-likeness (QED) is 0.407. The van der Waals surface area contributed by atoms with Gasteiger partial charge in [-0.2, -0.15) is 5.26 Å². The van der Waals surface area contributed by atoms with Crippen molar-refractivity contribution in [2.24, 2.45) is 18.9 Å². The number of thiocarbonyl (C=S) groups is 1. The van der Waals surface area contributed by atoms with Crippen molar-refractivity contribution in [3.05, 3.63) is 66.8 Å². The maximum absolute atomic E-state index is 13.4. The normalized spacial score (nSPS) is 21.7. The first-order valence-electron chi connectivity index (χ1n) is 11.5. The van der Waals surface area contributed by atoms with E-state index in [0.717, 1.165) is 30.9 Å². The van der Waals surface area contributed by atoms with Gasteiger partial charge in [-0.15, -0.1) is 0 Å². The SMILES string of the molecule is Cc1c(/C=C2/SC(=S)N(Cc3ccccc3Cl)C2=O)c(N2CC(C)CC(C)C2)n(C)c(=O)c1C#N. The van der Waals surface area contributed by atoms with Gasteiger partial charge >= 0.3 is 0 Å². The third-order valence-corrected chi connectivity index (χ3v) is 8.32. The van der Waals surface area contributed by atoms with Crippen LogP contribution in [0.3, 0.4) is 0 Å². The average molecular weight is 527 g/mol. The smallest absolute Gasteiger partial charge is 0.270 e. The molecule has 1 aromatic heterocycles. The van der Waals surface area contributed by atoms with Crippen molar-refractivity contribution in [2.45, 2.75) is 33.7 Å². The van der Waals surface area contributed by atoms with E-state index in [0.29, 0.717) is 37.2 Å². The molecule has 2 aliphatic heterocycles. The second-order valence-electron chi connectivity index (χ2n) is 9.42. The van der Waals surface area contributed by atoms with Crippen LogP contribution in [0.15, 0.2) is 34.0 Å². The summed E-state index contributed by atoms with van der Waals surface area (Å²) in [7, 11) is 1.70. The lowest BCUT2D eigenvalue weighted by atomic mass is 9.91. The number of thioether (sulfide) groups is 1. The van der Waals surface area contributed by atoms with E-state index in [-0.39, 0.29) is 23.6 Å². The number of aromatic nitrogens is 1. The Bertz CT molecular complexity index is 1330. The van der Waals surface area contributed by atoms with E-state index >= 15 is 0 Å². The van der Waals surface area contributed by atoms with Gasteiger partial charge in [0.1, 0.15) is 21.8 Å². The molecule has 0 saturated carbocycles. The highest BCUT2D eigenvalue weighted by Gasteiger charge is 2.34. The fourth-order valence-electron chi connectivity index (χ4n) is 4.99. The van der Waals surface area contributed by atoms with Crippen molar-refractivity contribution in [1.29, 1.82) is 5.26 Å². The van der Waals surface area contributed by atoms with E-state index in [4.69, 9.17) is 23.8 Å². The van der Waals surface area contributed by atoms with Crippen molar-refractivity contribution >= 4 is 57.7 Å². The lowest BCUT2D eigenvalue weighted by Gasteiger charge is -2.38. The number of anilines is 1. The lowest BCUT2D eigenvalue weighted by Crippen LogP contribution is -2.42. The number of carbonyl (C=O) groups is 1. The van der Waals surface area contributed by atoms with Crippen LogP contribution in [0.5, 0.6) is 0 Å². The van der Waals surface area contributed by atoms with Crippen molar-refractivity contribution in [1.82, 2.24) is 9.47 Å². The van der Waals surface area contributed by atoms with Crippen molar-refractivity contribution in [2.75, 3.05) is 18.0 Å². The van der Waals surface area contributed by atoms with E-state index in [9.17, 15) is 14.9 Å². The summed E-state index contributed by atoms with van der Waals surface area (Å²) in [6, 6.07) is 9.44. The first-order chi connectivity index (χ1) is 16.6. The van der Waals surface area contributed by atoms with Crippen LogP contribution >= 0.6 is 35.6 Å². The number of nitrogens with zero attached hydrogens (tertiary/aromatic N) is 4. The third-order valence-electron chi connectivity index (χ3n) is 6.57. The number of rotatable bonds is 4. The molecule has 2 aliphatic rings. The van der Waals surface area contributed by atoms with Gasteiger partial charge in [0.2, 0.25) is 0 Å². The number of benzene rings is 1. The van der Waals surface area contributed by atoms with Gasteiger partial charge in [0.05, 0.1) is 11.4 Å². The number of piperidine rings is 1. The Labute approximate surface area is 220 Å². The number of pyridine rings is 1. The highest BCUT2D eigenvalue weighted by atomic mass is 35.5. The second kappa shape index (κ2) is 10.2. The molecule has 4 rings (SSSR count). The summed E-state index contributed by atoms with van der Waals surface area (Å²) < 4.78 is 2.00. The molecule has 3 heterocycles. The molecule has 1 amide bonds. The van der Waals surface area contributed by atoms with Crippen LogP contribution in [0, 0.1) is 30.1 Å². The predicted molar refractivity (Wildman–Crippen MR) is 146 cm³/mol. The summed E-state index contributed by atoms with van der Waals surface area (Å²) in [6.45, 7) is 8.07. The van der Waals surface area contributed by atoms with Gasteiger partial charge in [-0.05, 0) is 48.4 Å². The lowest BCUT2D eigenvalue weighted by molar-refractivity contribution is -0.122. The Morgan fingerprint density at radius 1 is 1.23 bits per heavy atom. The van der Waals surface area contributed by atoms with Crippen LogP contribution in [0.1, 0.15) is 42.5 Å². The van der Waals surface area contributed by atoms with Gasteiger partial charge in [0.15, 0.2) is 0 Å². The summed E-state index contributed by atoms with van der Waals surface area (Å²) >= 11 is 13.1. The van der Waals surface area contributed by atoms with E-state index in [2.05, 4.69) is 24.8 Å². The molecule has 6 nitrogen and oxygen atoms in total. The molecule has 35 heavy (non-hydrogen) atoms. The van der Waals surface area contributed by atoms with Gasteiger partial charge in [-0.3, -0.25) is 19.1 Å². The molecular weight excluding hydrogens is 500 g/mol. The molecule has 0 spiro atoms. The van der Waals surface area contributed by atoms with Crippen LogP contribution in [0.2, 0.25) is 5.02 Å². The minimum atomic E-state index is -0.325. The van der Waals surface area contributed by atoms with Crippen LogP contribution < -0.4 is 10.5 Å². The molecule has 2 aromatic rings. The highest BCUT2D eigenvalue weighted by Crippen LogP contribution is 2.38. The zero-order valence-corrected chi connectivity index (χ0v) is 22.6. The molecule has 0 radical (unpaired) electrons. The monoisotopic (exact) mass is 526 g/mol. The fourth-order valence-corrected chi connectivity index (χ4v) is 6.43. The van der Waals surface area contributed by atoms with E-state index < -0.39 is 0 Å². The van der Waals surface area contributed by atoms with Gasteiger partial charge in [0.25, 0.3) is 11.5 Å². The Hall–Kier alpha value is -2.60. The molecule has 0 aliphatic carbocycles. The first-order valence-corrected chi connectivity index (χ1v) is 13.1. The minimum absolute atomic E-state index is 0.0900. The maximum atomic E-state index is 13.4. The maximum Gasteiger partial charge on any atom is 0.270 e. The van der Waals surface area contributed by atoms with E-state index in [1.165, 1.54) is 11.8 Å². The molecular formula is C26H27ClN4O2S2. The molecule has 0 N–H and O–H groups in total. The molecule has 2 unspecified atom stereocenters.